The largest absolute Gasteiger partial charge is 0.379 e. The number of primary amides is 1. The van der Waals surface area contributed by atoms with Crippen molar-refractivity contribution in [2.24, 2.45) is 10.8 Å². The summed E-state index contributed by atoms with van der Waals surface area (Å²) in [6.07, 6.45) is 3.30. The number of aromatic nitrogens is 6. The molecule has 180 valence electrons. The first-order valence-corrected chi connectivity index (χ1v) is 10.6. The quantitative estimate of drug-likeness (QED) is 0.158. The molecule has 3 heterocycles. The number of carbonyl (C=O) groups excluding carboxylic acids is 2. The number of hydrazone groups is 1. The van der Waals surface area contributed by atoms with Crippen LogP contribution in [0.2, 0.25) is 0 Å². The number of hydrogen-bond acceptors (Lipinski definition) is 10. The standard InChI is InChI=1S/C22H19N11O3/c23-19-21(31-36-30-19)33-17(11-26-16-8-4-2-6-14(16)20(24)34)18(28-32-33)22(35)29-27-10-12-9-25-15-7-3-1-5-13(12)15/h1-10,25-26H,11H2,(H2,23,30)(H2,24,34)(H,29,35)/b27-10-. The molecule has 0 fully saturated rings. The maximum atomic E-state index is 13.0. The Morgan fingerprint density at radius 1 is 1.14 bits per heavy atom. The molecule has 0 aliphatic heterocycles. The van der Waals surface area contributed by atoms with Gasteiger partial charge in [-0.2, -0.15) is 9.78 Å². The predicted molar refractivity (Wildman–Crippen MR) is 129 cm³/mol. The number of nitrogens with one attached hydrogen (secondary N) is 3. The lowest BCUT2D eigenvalue weighted by Crippen LogP contribution is -2.22. The summed E-state index contributed by atoms with van der Waals surface area (Å²) in [5, 5.41) is 23.3. The maximum Gasteiger partial charge on any atom is 0.293 e. The van der Waals surface area contributed by atoms with E-state index in [0.29, 0.717) is 5.69 Å². The molecule has 0 spiro atoms. The highest BCUT2D eigenvalue weighted by Crippen LogP contribution is 2.20. The van der Waals surface area contributed by atoms with Crippen molar-refractivity contribution in [2.45, 2.75) is 6.54 Å². The van der Waals surface area contributed by atoms with Gasteiger partial charge in [0, 0.05) is 28.4 Å². The molecular formula is C22H19N11O3. The van der Waals surface area contributed by atoms with Crippen LogP contribution in [-0.4, -0.2) is 48.3 Å². The van der Waals surface area contributed by atoms with Gasteiger partial charge in [-0.25, -0.2) is 10.1 Å². The van der Waals surface area contributed by atoms with Gasteiger partial charge in [0.2, 0.25) is 11.6 Å². The number of rotatable bonds is 8. The number of anilines is 2. The summed E-state index contributed by atoms with van der Waals surface area (Å²) in [6, 6.07) is 14.4. The Hall–Kier alpha value is -5.53. The van der Waals surface area contributed by atoms with E-state index in [1.807, 2.05) is 24.3 Å². The molecule has 2 aromatic carbocycles. The molecule has 0 saturated heterocycles. The van der Waals surface area contributed by atoms with E-state index in [1.54, 1.807) is 30.5 Å². The number of hydrogen-bond donors (Lipinski definition) is 5. The summed E-state index contributed by atoms with van der Waals surface area (Å²) < 4.78 is 5.87. The molecule has 0 unspecified atom stereocenters. The second-order valence-corrected chi connectivity index (χ2v) is 7.52. The highest BCUT2D eigenvalue weighted by molar-refractivity contribution is 6.00. The molecule has 0 aliphatic carbocycles. The number of aromatic amines is 1. The van der Waals surface area contributed by atoms with Crippen LogP contribution in [-0.2, 0) is 6.54 Å². The monoisotopic (exact) mass is 485 g/mol. The summed E-state index contributed by atoms with van der Waals surface area (Å²) in [7, 11) is 0. The molecule has 0 saturated carbocycles. The summed E-state index contributed by atoms with van der Waals surface area (Å²) in [5.41, 5.74) is 16.4. The fourth-order valence-electron chi connectivity index (χ4n) is 3.59. The summed E-state index contributed by atoms with van der Waals surface area (Å²) in [6.45, 7) is -0.00148. The average Bonchev–Trinajstić information content (AvgIpc) is 3.61. The lowest BCUT2D eigenvalue weighted by Gasteiger charge is -2.11. The van der Waals surface area contributed by atoms with Gasteiger partial charge >= 0.3 is 0 Å². The third kappa shape index (κ3) is 4.21. The molecule has 3 aromatic heterocycles. The molecular weight excluding hydrogens is 466 g/mol. The first-order chi connectivity index (χ1) is 17.5. The third-order valence-corrected chi connectivity index (χ3v) is 5.30. The van der Waals surface area contributed by atoms with Crippen molar-refractivity contribution in [3.63, 3.8) is 0 Å². The van der Waals surface area contributed by atoms with Crippen LogP contribution in [0.4, 0.5) is 11.5 Å². The minimum Gasteiger partial charge on any atom is -0.379 e. The fraction of sp³-hybridized carbons (Fsp3) is 0.0455. The van der Waals surface area contributed by atoms with Crippen molar-refractivity contribution in [1.82, 2.24) is 35.7 Å². The molecule has 5 aromatic rings. The van der Waals surface area contributed by atoms with E-state index >= 15 is 0 Å². The number of H-pyrrole nitrogens is 1. The van der Waals surface area contributed by atoms with Crippen LogP contribution >= 0.6 is 0 Å². The van der Waals surface area contributed by atoms with E-state index in [2.05, 4.69) is 46.1 Å². The van der Waals surface area contributed by atoms with Crippen molar-refractivity contribution < 1.29 is 14.2 Å². The van der Waals surface area contributed by atoms with Crippen molar-refractivity contribution in [3.05, 3.63) is 77.2 Å². The Labute approximate surface area is 202 Å². The van der Waals surface area contributed by atoms with Crippen LogP contribution in [0.15, 0.2) is 64.5 Å². The molecule has 2 amide bonds. The SMILES string of the molecule is NC(=O)c1ccccc1NCc1c(C(=O)N/N=C\c2c[nH]c3ccccc23)nnn1-c1nonc1N. The zero-order valence-corrected chi connectivity index (χ0v) is 18.5. The second kappa shape index (κ2) is 9.38. The van der Waals surface area contributed by atoms with E-state index in [9.17, 15) is 9.59 Å². The first-order valence-electron chi connectivity index (χ1n) is 10.6. The Morgan fingerprint density at radius 2 is 1.94 bits per heavy atom. The number of benzene rings is 2. The van der Waals surface area contributed by atoms with Gasteiger partial charge in [-0.15, -0.1) is 5.10 Å². The Morgan fingerprint density at radius 3 is 2.75 bits per heavy atom. The van der Waals surface area contributed by atoms with Crippen molar-refractivity contribution >= 4 is 40.4 Å². The number of nitrogens with two attached hydrogens (primary N) is 2. The number of amides is 2. The Balaban J connectivity index is 1.42. The van der Waals surface area contributed by atoms with Gasteiger partial charge in [0.1, 0.15) is 0 Å². The number of para-hydroxylation sites is 2. The minimum absolute atomic E-state index is 0.00148. The number of nitrogen functional groups attached to an aromatic ring is 1. The minimum atomic E-state index is -0.632. The number of fused-ring (bicyclic) bond motifs is 1. The molecule has 0 aliphatic rings. The van der Waals surface area contributed by atoms with Gasteiger partial charge in [-0.3, -0.25) is 9.59 Å². The van der Waals surface area contributed by atoms with E-state index in [-0.39, 0.29) is 35.1 Å². The van der Waals surface area contributed by atoms with Crippen LogP contribution in [0.25, 0.3) is 16.7 Å². The zero-order chi connectivity index (χ0) is 25.1. The molecule has 5 rings (SSSR count). The highest BCUT2D eigenvalue weighted by Gasteiger charge is 2.24. The zero-order valence-electron chi connectivity index (χ0n) is 18.5. The Kier molecular flexibility index (Phi) is 5.80. The molecule has 14 nitrogen and oxygen atoms in total. The summed E-state index contributed by atoms with van der Waals surface area (Å²) in [4.78, 5) is 27.9. The fourth-order valence-corrected chi connectivity index (χ4v) is 3.59. The second-order valence-electron chi connectivity index (χ2n) is 7.52. The van der Waals surface area contributed by atoms with Gasteiger partial charge < -0.3 is 21.8 Å². The van der Waals surface area contributed by atoms with Crippen LogP contribution in [0.3, 0.4) is 0 Å². The third-order valence-electron chi connectivity index (χ3n) is 5.30. The maximum absolute atomic E-state index is 13.0. The average molecular weight is 485 g/mol. The summed E-state index contributed by atoms with van der Waals surface area (Å²) >= 11 is 0. The van der Waals surface area contributed by atoms with Gasteiger partial charge in [0.05, 0.1) is 24.0 Å². The number of nitrogens with zero attached hydrogens (tertiary/aromatic N) is 6. The van der Waals surface area contributed by atoms with Gasteiger partial charge in [-0.1, -0.05) is 35.5 Å². The van der Waals surface area contributed by atoms with Crippen LogP contribution < -0.4 is 22.2 Å². The van der Waals surface area contributed by atoms with Crippen molar-refractivity contribution in [3.8, 4) is 5.82 Å². The van der Waals surface area contributed by atoms with Gasteiger partial charge in [-0.05, 0) is 28.5 Å². The smallest absolute Gasteiger partial charge is 0.293 e. The first kappa shape index (κ1) is 22.3. The molecule has 36 heavy (non-hydrogen) atoms. The van der Waals surface area contributed by atoms with E-state index in [4.69, 9.17) is 11.5 Å². The molecule has 0 bridgehead atoms. The number of carbonyl (C=O) groups is 2. The van der Waals surface area contributed by atoms with Crippen LogP contribution in [0.1, 0.15) is 32.1 Å². The normalized spacial score (nSPS) is 11.2. The van der Waals surface area contributed by atoms with Crippen molar-refractivity contribution in [2.75, 3.05) is 11.1 Å². The van der Waals surface area contributed by atoms with Crippen molar-refractivity contribution in [1.29, 1.82) is 0 Å². The molecule has 14 heteroatoms. The van der Waals surface area contributed by atoms with Gasteiger partial charge in [0.15, 0.2) is 5.69 Å². The predicted octanol–water partition coefficient (Wildman–Crippen LogP) is 1.19. The van der Waals surface area contributed by atoms with E-state index in [1.165, 1.54) is 10.9 Å². The van der Waals surface area contributed by atoms with Crippen LogP contribution in [0, 0.1) is 0 Å². The molecule has 7 N–H and O–H groups in total. The lowest BCUT2D eigenvalue weighted by molar-refractivity contribution is 0.0947. The topological polar surface area (TPSA) is 208 Å². The highest BCUT2D eigenvalue weighted by atomic mass is 16.6. The Bertz CT molecular complexity index is 1600. The molecule has 0 radical (unpaired) electrons. The van der Waals surface area contributed by atoms with Crippen LogP contribution in [0.5, 0.6) is 0 Å². The van der Waals surface area contributed by atoms with E-state index < -0.39 is 11.8 Å². The van der Waals surface area contributed by atoms with E-state index in [0.717, 1.165) is 16.5 Å². The summed E-state index contributed by atoms with van der Waals surface area (Å²) in [5.74, 6) is -1.25. The lowest BCUT2D eigenvalue weighted by atomic mass is 10.1. The molecule has 0 atom stereocenters. The van der Waals surface area contributed by atoms with Gasteiger partial charge in [0.25, 0.3) is 11.8 Å².